The van der Waals surface area contributed by atoms with Crippen LogP contribution in [0.15, 0.2) is 18.2 Å². The summed E-state index contributed by atoms with van der Waals surface area (Å²) < 4.78 is 80.1. The number of nitrogens with two attached hydrogens (primary N) is 1. The number of aromatic nitrogens is 2. The molecule has 0 saturated carbocycles. The summed E-state index contributed by atoms with van der Waals surface area (Å²) in [4.78, 5) is 18.5. The van der Waals surface area contributed by atoms with Gasteiger partial charge in [0.15, 0.2) is 0 Å². The van der Waals surface area contributed by atoms with Crippen molar-refractivity contribution in [1.29, 1.82) is 0 Å². The van der Waals surface area contributed by atoms with Gasteiger partial charge in [-0.2, -0.15) is 13.2 Å². The Balaban J connectivity index is 1.95. The molecule has 1 amide bonds. The second-order valence-corrected chi connectivity index (χ2v) is 7.06. The summed E-state index contributed by atoms with van der Waals surface area (Å²) in [5.41, 5.74) is 5.98. The van der Waals surface area contributed by atoms with E-state index in [1.807, 2.05) is 0 Å². The first-order valence-corrected chi connectivity index (χ1v) is 8.72. The maximum absolute atomic E-state index is 13.7. The Hall–Kier alpha value is -2.50. The highest BCUT2D eigenvalue weighted by Crippen LogP contribution is 2.31. The molecule has 1 fully saturated rings. The summed E-state index contributed by atoms with van der Waals surface area (Å²) in [5.74, 6) is -4.46. The fourth-order valence-electron chi connectivity index (χ4n) is 3.21. The molecule has 29 heavy (non-hydrogen) atoms. The van der Waals surface area contributed by atoms with Gasteiger partial charge in [0.2, 0.25) is 11.9 Å². The van der Waals surface area contributed by atoms with Crippen molar-refractivity contribution < 1.29 is 31.1 Å². The van der Waals surface area contributed by atoms with Gasteiger partial charge in [-0.05, 0) is 12.1 Å². The highest BCUT2D eigenvalue weighted by atomic mass is 19.4. The molecule has 1 aromatic heterocycles. The molecule has 0 spiro atoms. The Morgan fingerprint density at radius 3 is 2.69 bits per heavy atom. The van der Waals surface area contributed by atoms with Crippen molar-refractivity contribution in [3.63, 3.8) is 0 Å². The lowest BCUT2D eigenvalue weighted by Crippen LogP contribution is -2.56. The van der Waals surface area contributed by atoms with E-state index < -0.39 is 49.4 Å². The number of hydrogen-bond donors (Lipinski definition) is 1. The molecule has 0 bridgehead atoms. The lowest BCUT2D eigenvalue weighted by atomic mass is 10.0. The number of carbonyl (C=O) groups excluding carboxylic acids is 1. The molecule has 3 rings (SSSR count). The van der Waals surface area contributed by atoms with E-state index in [4.69, 9.17) is 5.73 Å². The van der Waals surface area contributed by atoms with Gasteiger partial charge in [0.05, 0.1) is 17.1 Å². The number of likely N-dealkylation sites (N-methyl/N-ethyl adjacent to an activating group) is 1. The van der Waals surface area contributed by atoms with Crippen LogP contribution in [0.5, 0.6) is 0 Å². The van der Waals surface area contributed by atoms with Crippen LogP contribution in [0.25, 0.3) is 11.0 Å². The molecule has 1 atom stereocenters. The van der Waals surface area contributed by atoms with Gasteiger partial charge in [0, 0.05) is 32.6 Å². The van der Waals surface area contributed by atoms with Crippen molar-refractivity contribution in [2.45, 2.75) is 31.1 Å². The number of amides is 1. The number of benzene rings is 1. The maximum Gasteiger partial charge on any atom is 0.406 e. The molecule has 1 unspecified atom stereocenters. The summed E-state index contributed by atoms with van der Waals surface area (Å²) in [6.45, 7) is -2.36. The topological polar surface area (TPSA) is 67.4 Å². The molecule has 1 saturated heterocycles. The van der Waals surface area contributed by atoms with Crippen molar-refractivity contribution in [2.75, 3.05) is 31.6 Å². The van der Waals surface area contributed by atoms with Crippen LogP contribution in [0, 0.1) is 5.82 Å². The molecule has 1 aliphatic heterocycles. The molecule has 1 aliphatic rings. The summed E-state index contributed by atoms with van der Waals surface area (Å²) in [6.07, 6.45) is -5.12. The molecule has 2 N–H and O–H groups in total. The predicted octanol–water partition coefficient (Wildman–Crippen LogP) is 2.37. The van der Waals surface area contributed by atoms with E-state index in [1.54, 1.807) is 0 Å². The minimum atomic E-state index is -4.57. The number of carbonyl (C=O) groups is 1. The zero-order valence-electron chi connectivity index (χ0n) is 15.4. The number of alkyl halides is 5. The Kier molecular flexibility index (Phi) is 5.41. The molecule has 0 aliphatic carbocycles. The molecule has 2 heterocycles. The van der Waals surface area contributed by atoms with Gasteiger partial charge in [-0.15, -0.1) is 0 Å². The first kappa shape index (κ1) is 21.2. The molecule has 0 radical (unpaired) electrons. The Morgan fingerprint density at radius 2 is 2.07 bits per heavy atom. The van der Waals surface area contributed by atoms with Gasteiger partial charge in [-0.1, -0.05) is 0 Å². The highest BCUT2D eigenvalue weighted by Gasteiger charge is 2.43. The van der Waals surface area contributed by atoms with E-state index in [0.29, 0.717) is 10.4 Å². The molecule has 2 aromatic rings. The lowest BCUT2D eigenvalue weighted by molar-refractivity contribution is -0.158. The predicted molar refractivity (Wildman–Crippen MR) is 93.1 cm³/mol. The molecular formula is C17H19F6N5O. The third-order valence-corrected chi connectivity index (χ3v) is 4.78. The average molecular weight is 423 g/mol. The van der Waals surface area contributed by atoms with Crippen molar-refractivity contribution in [1.82, 2.24) is 14.5 Å². The van der Waals surface area contributed by atoms with Gasteiger partial charge in [0.1, 0.15) is 18.9 Å². The van der Waals surface area contributed by atoms with Gasteiger partial charge in [0.25, 0.3) is 5.92 Å². The first-order valence-electron chi connectivity index (χ1n) is 8.72. The van der Waals surface area contributed by atoms with E-state index in [9.17, 15) is 31.1 Å². The van der Waals surface area contributed by atoms with Gasteiger partial charge in [-0.25, -0.2) is 18.2 Å². The van der Waals surface area contributed by atoms with Gasteiger partial charge < -0.3 is 20.1 Å². The fourth-order valence-corrected chi connectivity index (χ4v) is 3.21. The number of hydrogen-bond acceptors (Lipinski definition) is 4. The lowest BCUT2D eigenvalue weighted by Gasteiger charge is -2.37. The first-order chi connectivity index (χ1) is 13.4. The van der Waals surface area contributed by atoms with E-state index in [0.717, 1.165) is 19.2 Å². The van der Waals surface area contributed by atoms with Crippen LogP contribution in [0.4, 0.5) is 32.3 Å². The van der Waals surface area contributed by atoms with E-state index in [2.05, 4.69) is 4.98 Å². The minimum absolute atomic E-state index is 0.0744. The Bertz CT molecular complexity index is 912. The maximum atomic E-state index is 13.7. The number of anilines is 1. The molecule has 12 heteroatoms. The number of piperidine rings is 1. The van der Waals surface area contributed by atoms with Crippen LogP contribution >= 0.6 is 0 Å². The number of halogens is 6. The van der Waals surface area contributed by atoms with Crippen LogP contribution in [-0.4, -0.2) is 65.2 Å². The van der Waals surface area contributed by atoms with E-state index in [1.165, 1.54) is 15.5 Å². The normalized spacial score (nSPS) is 19.6. The zero-order valence-corrected chi connectivity index (χ0v) is 15.4. The number of rotatable bonds is 4. The minimum Gasteiger partial charge on any atom is -0.340 e. The zero-order chi connectivity index (χ0) is 21.6. The van der Waals surface area contributed by atoms with E-state index in [-0.39, 0.29) is 24.6 Å². The second-order valence-electron chi connectivity index (χ2n) is 7.06. The fraction of sp³-hybridized carbons (Fsp3) is 0.529. The van der Waals surface area contributed by atoms with Gasteiger partial charge >= 0.3 is 6.18 Å². The number of nitrogens with zero attached hydrogens (tertiary/aromatic N) is 4. The number of fused-ring (bicyclic) bond motifs is 1. The second kappa shape index (κ2) is 7.39. The molecule has 1 aromatic carbocycles. The highest BCUT2D eigenvalue weighted by molar-refractivity contribution is 5.83. The van der Waals surface area contributed by atoms with Crippen molar-refractivity contribution in [2.24, 2.45) is 5.73 Å². The van der Waals surface area contributed by atoms with E-state index >= 15 is 0 Å². The van der Waals surface area contributed by atoms with Crippen molar-refractivity contribution in [3.05, 3.63) is 24.0 Å². The molecule has 6 nitrogen and oxygen atoms in total. The SMILES string of the molecule is CN(CC(F)(F)F)C(=O)Cn1c(N2CCC(F)(F)C(N)C2)nc2cc(F)ccc21. The van der Waals surface area contributed by atoms with Crippen LogP contribution < -0.4 is 10.6 Å². The third kappa shape index (κ3) is 4.57. The quantitative estimate of drug-likeness (QED) is 0.767. The van der Waals surface area contributed by atoms with Crippen LogP contribution in [0.1, 0.15) is 6.42 Å². The molecule has 160 valence electrons. The molecular weight excluding hydrogens is 404 g/mol. The monoisotopic (exact) mass is 423 g/mol. The third-order valence-electron chi connectivity index (χ3n) is 4.78. The summed E-state index contributed by atoms with van der Waals surface area (Å²) >= 11 is 0. The number of imidazole rings is 1. The van der Waals surface area contributed by atoms with Gasteiger partial charge in [-0.3, -0.25) is 4.79 Å². The van der Waals surface area contributed by atoms with Crippen LogP contribution in [0.3, 0.4) is 0 Å². The largest absolute Gasteiger partial charge is 0.406 e. The van der Waals surface area contributed by atoms with Crippen molar-refractivity contribution >= 4 is 22.9 Å². The summed E-state index contributed by atoms with van der Waals surface area (Å²) in [6, 6.07) is 2.06. The summed E-state index contributed by atoms with van der Waals surface area (Å²) in [5, 5.41) is 0. The Labute approximate surface area is 161 Å². The van der Waals surface area contributed by atoms with Crippen molar-refractivity contribution in [3.8, 4) is 0 Å². The standard InChI is InChI=1S/C17H19F6N5O/c1-26(9-17(21,22)23)14(29)8-28-12-3-2-10(18)6-11(12)25-15(28)27-5-4-16(19,20)13(24)7-27/h2-3,6,13H,4-5,7-9,24H2,1H3. The Morgan fingerprint density at radius 1 is 1.38 bits per heavy atom. The smallest absolute Gasteiger partial charge is 0.340 e. The van der Waals surface area contributed by atoms with Crippen LogP contribution in [-0.2, 0) is 11.3 Å². The average Bonchev–Trinajstić information content (AvgIpc) is 2.93. The summed E-state index contributed by atoms with van der Waals surface area (Å²) in [7, 11) is 1.01. The van der Waals surface area contributed by atoms with Crippen LogP contribution in [0.2, 0.25) is 0 Å².